The zero-order valence-electron chi connectivity index (χ0n) is 12.9. The maximum atomic E-state index is 11.4. The lowest BCUT2D eigenvalue weighted by molar-refractivity contribution is 0.101. The van der Waals surface area contributed by atoms with Gasteiger partial charge in [0.1, 0.15) is 6.07 Å². The molecule has 0 bridgehead atoms. The van der Waals surface area contributed by atoms with E-state index in [1.807, 2.05) is 0 Å². The first kappa shape index (κ1) is 15.5. The molecule has 1 unspecified atom stereocenters. The Bertz CT molecular complexity index is 547. The number of hydrogen-bond acceptors (Lipinski definition) is 4. The van der Waals surface area contributed by atoms with Crippen LogP contribution in [0.1, 0.15) is 42.6 Å². The lowest BCUT2D eigenvalue weighted by Crippen LogP contribution is -2.37. The standard InChI is InChI=1S/C17H23N3O/c1-13-4-3-8-20(12-13)9-7-19-17-10-15(14(2)21)5-6-16(17)11-18/h5-6,10,13,19H,3-4,7-9,12H2,1-2H3. The Morgan fingerprint density at radius 3 is 3.00 bits per heavy atom. The van der Waals surface area contributed by atoms with Crippen molar-refractivity contribution in [3.63, 3.8) is 0 Å². The Balaban J connectivity index is 1.94. The first-order chi connectivity index (χ1) is 10.1. The zero-order valence-corrected chi connectivity index (χ0v) is 12.9. The van der Waals surface area contributed by atoms with Crippen LogP contribution in [0.15, 0.2) is 18.2 Å². The van der Waals surface area contributed by atoms with E-state index in [0.29, 0.717) is 11.1 Å². The van der Waals surface area contributed by atoms with Crippen molar-refractivity contribution in [2.45, 2.75) is 26.7 Å². The molecule has 0 aliphatic carbocycles. The monoisotopic (exact) mass is 285 g/mol. The summed E-state index contributed by atoms with van der Waals surface area (Å²) >= 11 is 0. The number of nitriles is 1. The van der Waals surface area contributed by atoms with Crippen LogP contribution in [-0.2, 0) is 0 Å². The average molecular weight is 285 g/mol. The third-order valence-corrected chi connectivity index (χ3v) is 4.03. The van der Waals surface area contributed by atoms with Gasteiger partial charge in [-0.1, -0.05) is 6.92 Å². The predicted molar refractivity (Wildman–Crippen MR) is 84.5 cm³/mol. The van der Waals surface area contributed by atoms with Crippen LogP contribution in [0.2, 0.25) is 0 Å². The second kappa shape index (κ2) is 7.24. The molecule has 112 valence electrons. The van der Waals surface area contributed by atoms with Gasteiger partial charge in [-0.3, -0.25) is 4.79 Å². The van der Waals surface area contributed by atoms with Gasteiger partial charge in [0.25, 0.3) is 0 Å². The van der Waals surface area contributed by atoms with E-state index in [-0.39, 0.29) is 5.78 Å². The Labute approximate surface area is 126 Å². The van der Waals surface area contributed by atoms with Crippen LogP contribution in [0.3, 0.4) is 0 Å². The van der Waals surface area contributed by atoms with Gasteiger partial charge in [0.15, 0.2) is 5.78 Å². The first-order valence-electron chi connectivity index (χ1n) is 7.61. The number of anilines is 1. The SMILES string of the molecule is CC(=O)c1ccc(C#N)c(NCCN2CCCC(C)C2)c1. The van der Waals surface area contributed by atoms with Gasteiger partial charge >= 0.3 is 0 Å². The normalized spacial score (nSPS) is 19.0. The molecule has 4 heteroatoms. The highest BCUT2D eigenvalue weighted by Gasteiger charge is 2.15. The van der Waals surface area contributed by atoms with E-state index >= 15 is 0 Å². The minimum Gasteiger partial charge on any atom is -0.383 e. The van der Waals surface area contributed by atoms with Crippen molar-refractivity contribution in [1.82, 2.24) is 4.90 Å². The van der Waals surface area contributed by atoms with E-state index in [9.17, 15) is 4.79 Å². The number of piperidine rings is 1. The molecule has 1 heterocycles. The number of carbonyl (C=O) groups is 1. The smallest absolute Gasteiger partial charge is 0.159 e. The van der Waals surface area contributed by atoms with E-state index < -0.39 is 0 Å². The summed E-state index contributed by atoms with van der Waals surface area (Å²) in [6.45, 7) is 7.91. The fourth-order valence-corrected chi connectivity index (χ4v) is 2.85. The lowest BCUT2D eigenvalue weighted by Gasteiger charge is -2.30. The molecule has 0 spiro atoms. The van der Waals surface area contributed by atoms with Crippen molar-refractivity contribution in [3.8, 4) is 6.07 Å². The fraction of sp³-hybridized carbons (Fsp3) is 0.529. The Kier molecular flexibility index (Phi) is 5.35. The van der Waals surface area contributed by atoms with Crippen molar-refractivity contribution >= 4 is 11.5 Å². The van der Waals surface area contributed by atoms with Crippen LogP contribution >= 0.6 is 0 Å². The summed E-state index contributed by atoms with van der Waals surface area (Å²) in [4.78, 5) is 13.9. The molecule has 2 rings (SSSR count). The summed E-state index contributed by atoms with van der Waals surface area (Å²) in [6.07, 6.45) is 2.59. The highest BCUT2D eigenvalue weighted by molar-refractivity contribution is 5.95. The highest BCUT2D eigenvalue weighted by atomic mass is 16.1. The third kappa shape index (κ3) is 4.30. The molecule has 1 aromatic carbocycles. The number of hydrogen-bond donors (Lipinski definition) is 1. The van der Waals surface area contributed by atoms with Gasteiger partial charge in [0.2, 0.25) is 0 Å². The molecule has 0 radical (unpaired) electrons. The molecule has 0 saturated carbocycles. The Hall–Kier alpha value is -1.86. The van der Waals surface area contributed by atoms with Crippen molar-refractivity contribution in [1.29, 1.82) is 5.26 Å². The largest absolute Gasteiger partial charge is 0.383 e. The molecule has 1 aromatic rings. The molecule has 1 aliphatic heterocycles. The Morgan fingerprint density at radius 1 is 1.52 bits per heavy atom. The quantitative estimate of drug-likeness (QED) is 0.845. The molecule has 21 heavy (non-hydrogen) atoms. The number of rotatable bonds is 5. The second-order valence-corrected chi connectivity index (χ2v) is 5.90. The first-order valence-corrected chi connectivity index (χ1v) is 7.61. The van der Waals surface area contributed by atoms with Crippen LogP contribution in [0.25, 0.3) is 0 Å². The summed E-state index contributed by atoms with van der Waals surface area (Å²) < 4.78 is 0. The van der Waals surface area contributed by atoms with Gasteiger partial charge in [0, 0.05) is 25.2 Å². The van der Waals surface area contributed by atoms with Gasteiger partial charge in [-0.2, -0.15) is 5.26 Å². The average Bonchev–Trinajstić information content (AvgIpc) is 2.47. The molecule has 0 aromatic heterocycles. The molecule has 1 aliphatic rings. The maximum absolute atomic E-state index is 11.4. The number of nitrogens with zero attached hydrogens (tertiary/aromatic N) is 2. The summed E-state index contributed by atoms with van der Waals surface area (Å²) in [5.74, 6) is 0.793. The topological polar surface area (TPSA) is 56.1 Å². The zero-order chi connectivity index (χ0) is 15.2. The highest BCUT2D eigenvalue weighted by Crippen LogP contribution is 2.18. The minimum atomic E-state index is 0.0207. The molecule has 1 atom stereocenters. The van der Waals surface area contributed by atoms with E-state index in [2.05, 4.69) is 23.2 Å². The Morgan fingerprint density at radius 2 is 2.33 bits per heavy atom. The summed E-state index contributed by atoms with van der Waals surface area (Å²) in [7, 11) is 0. The van der Waals surface area contributed by atoms with Crippen molar-refractivity contribution < 1.29 is 4.79 Å². The van der Waals surface area contributed by atoms with E-state index in [1.54, 1.807) is 25.1 Å². The number of Topliss-reactive ketones (excluding diaryl/α,β-unsaturated/α-hetero) is 1. The number of benzene rings is 1. The number of nitrogens with one attached hydrogen (secondary N) is 1. The molecular weight excluding hydrogens is 262 g/mol. The summed E-state index contributed by atoms with van der Waals surface area (Å²) in [6, 6.07) is 7.36. The molecule has 1 saturated heterocycles. The molecular formula is C17H23N3O. The number of carbonyl (C=O) groups excluding carboxylic acids is 1. The molecule has 4 nitrogen and oxygen atoms in total. The van der Waals surface area contributed by atoms with Crippen molar-refractivity contribution in [3.05, 3.63) is 29.3 Å². The lowest BCUT2D eigenvalue weighted by atomic mass is 10.0. The molecule has 1 fully saturated rings. The predicted octanol–water partition coefficient (Wildman–Crippen LogP) is 2.90. The molecule has 1 N–H and O–H groups in total. The maximum Gasteiger partial charge on any atom is 0.159 e. The fourth-order valence-electron chi connectivity index (χ4n) is 2.85. The summed E-state index contributed by atoms with van der Waals surface area (Å²) in [5.41, 5.74) is 1.99. The van der Waals surface area contributed by atoms with Gasteiger partial charge in [-0.15, -0.1) is 0 Å². The van der Waals surface area contributed by atoms with Crippen molar-refractivity contribution in [2.24, 2.45) is 5.92 Å². The summed E-state index contributed by atoms with van der Waals surface area (Å²) in [5, 5.41) is 12.5. The second-order valence-electron chi connectivity index (χ2n) is 5.90. The van der Waals surface area contributed by atoms with Gasteiger partial charge in [-0.25, -0.2) is 0 Å². The van der Waals surface area contributed by atoms with E-state index in [0.717, 1.165) is 37.8 Å². The van der Waals surface area contributed by atoms with E-state index in [1.165, 1.54) is 12.8 Å². The number of ketones is 1. The van der Waals surface area contributed by atoms with E-state index in [4.69, 9.17) is 5.26 Å². The van der Waals surface area contributed by atoms with Crippen LogP contribution in [-0.4, -0.2) is 36.9 Å². The van der Waals surface area contributed by atoms with Crippen LogP contribution in [0.5, 0.6) is 0 Å². The van der Waals surface area contributed by atoms with Gasteiger partial charge in [-0.05, 0) is 50.4 Å². The van der Waals surface area contributed by atoms with Crippen LogP contribution in [0.4, 0.5) is 5.69 Å². The van der Waals surface area contributed by atoms with Gasteiger partial charge in [0.05, 0.1) is 11.3 Å². The third-order valence-electron chi connectivity index (χ3n) is 4.03. The molecule has 0 amide bonds. The number of likely N-dealkylation sites (tertiary alicyclic amines) is 1. The van der Waals surface area contributed by atoms with Crippen LogP contribution < -0.4 is 5.32 Å². The van der Waals surface area contributed by atoms with Gasteiger partial charge < -0.3 is 10.2 Å². The van der Waals surface area contributed by atoms with Crippen molar-refractivity contribution in [2.75, 3.05) is 31.5 Å². The minimum absolute atomic E-state index is 0.0207. The van der Waals surface area contributed by atoms with Crippen LogP contribution in [0, 0.1) is 17.2 Å².